The zero-order chi connectivity index (χ0) is 19.8. The number of nitrogens with zero attached hydrogens (tertiary/aromatic N) is 1. The molecule has 11 heteroatoms. The lowest BCUT2D eigenvalue weighted by Gasteiger charge is -2.09. The molecule has 2 N–H and O–H groups in total. The van der Waals surface area contributed by atoms with Gasteiger partial charge in [0.2, 0.25) is 0 Å². The fraction of sp³-hybridized carbons (Fsp3) is 0. The topological polar surface area (TPSA) is 48.4 Å². The summed E-state index contributed by atoms with van der Waals surface area (Å²) in [5, 5.41) is 10.9. The molecule has 0 spiro atoms. The average molecular weight is 436 g/mol. The minimum atomic E-state index is -0.101. The van der Waals surface area contributed by atoms with Gasteiger partial charge in [-0.25, -0.2) is 4.99 Å². The first-order valence-corrected chi connectivity index (χ1v) is 9.66. The predicted molar refractivity (Wildman–Crippen MR) is 129 cm³/mol. The summed E-state index contributed by atoms with van der Waals surface area (Å²) in [6.45, 7) is 0. The molecule has 0 fully saturated rings. The lowest BCUT2D eigenvalue weighted by atomic mass is 9.76. The number of aliphatic imine (C=N–C) groups is 1. The van der Waals surface area contributed by atoms with Crippen LogP contribution in [0.3, 0.4) is 0 Å². The number of aromatic nitrogens is 1. The summed E-state index contributed by atoms with van der Waals surface area (Å²) >= 11 is 23.5. The summed E-state index contributed by atoms with van der Waals surface area (Å²) in [5.74, 6) is -0.101. The molecule has 1 aromatic heterocycles. The van der Waals surface area contributed by atoms with Crippen LogP contribution in [0.2, 0.25) is 0 Å². The molecule has 0 saturated carbocycles. The Morgan fingerprint density at radius 3 is 2.30 bits per heavy atom. The van der Waals surface area contributed by atoms with E-state index in [9.17, 15) is 5.11 Å². The van der Waals surface area contributed by atoms with Crippen molar-refractivity contribution in [3.05, 3.63) is 17.3 Å². The number of hydrogen-bond acceptors (Lipinski definition) is 7. The second-order valence-corrected chi connectivity index (χ2v) is 8.17. The number of hydrogen-bond donors (Lipinski definition) is 6. The third-order valence-corrected chi connectivity index (χ3v) is 6.99. The third-order valence-electron chi connectivity index (χ3n) is 4.44. The van der Waals surface area contributed by atoms with Gasteiger partial charge in [-0.3, -0.25) is 0 Å². The van der Waals surface area contributed by atoms with Crippen molar-refractivity contribution in [3.8, 4) is 5.75 Å². The van der Waals surface area contributed by atoms with Crippen LogP contribution in [-0.2, 0) is 0 Å². The number of rotatable bonds is 1. The lowest BCUT2D eigenvalue weighted by Crippen LogP contribution is -2.31. The molecule has 4 rings (SSSR count). The standard InChI is InChI=1S/C16H7B3N2OS5/c17-2-1-3(22)8-4(6(2)18)12(23)10(20-8)11-13(24)5-9(21-11)7(19)15(26)16(27)14(5)25/h1,21-22,24-27H. The number of thiol groups is 4. The van der Waals surface area contributed by atoms with Crippen molar-refractivity contribution in [1.29, 1.82) is 0 Å². The van der Waals surface area contributed by atoms with Crippen molar-refractivity contribution in [1.82, 2.24) is 4.98 Å². The molecular weight excluding hydrogens is 429 g/mol. The van der Waals surface area contributed by atoms with Crippen molar-refractivity contribution < 1.29 is 5.11 Å². The molecule has 1 aliphatic heterocycles. The maximum Gasteiger partial charge on any atom is 0.141 e. The van der Waals surface area contributed by atoms with E-state index in [0.717, 1.165) is 0 Å². The van der Waals surface area contributed by atoms with Gasteiger partial charge in [0, 0.05) is 36.0 Å². The quantitative estimate of drug-likeness (QED) is 0.198. The first kappa shape index (κ1) is 19.5. The van der Waals surface area contributed by atoms with Gasteiger partial charge in [0.1, 0.15) is 40.7 Å². The molecule has 0 aliphatic carbocycles. The smallest absolute Gasteiger partial charge is 0.141 e. The van der Waals surface area contributed by atoms with E-state index in [1.54, 1.807) is 0 Å². The van der Waals surface area contributed by atoms with E-state index in [1.807, 2.05) is 0 Å². The highest BCUT2D eigenvalue weighted by Gasteiger charge is 2.30. The molecule has 1 aliphatic rings. The third kappa shape index (κ3) is 2.66. The zero-order valence-electron chi connectivity index (χ0n) is 13.4. The fourth-order valence-corrected chi connectivity index (χ4v) is 4.76. The molecule has 2 aromatic carbocycles. The van der Waals surface area contributed by atoms with Crippen LogP contribution in [0.4, 0.5) is 5.69 Å². The van der Waals surface area contributed by atoms with Gasteiger partial charge in [0.25, 0.3) is 0 Å². The first-order valence-electron chi connectivity index (χ1n) is 7.46. The summed E-state index contributed by atoms with van der Waals surface area (Å²) in [7, 11) is 18.1. The highest BCUT2D eigenvalue weighted by Crippen LogP contribution is 2.40. The number of nitrogens with one attached hydrogen (secondary N) is 1. The van der Waals surface area contributed by atoms with Crippen LogP contribution in [0.1, 0.15) is 11.3 Å². The Bertz CT molecular complexity index is 1240. The summed E-state index contributed by atoms with van der Waals surface area (Å²) in [6, 6.07) is 1.35. The number of benzene rings is 2. The zero-order valence-corrected chi connectivity index (χ0v) is 17.8. The first-order chi connectivity index (χ1) is 12.6. The van der Waals surface area contributed by atoms with Crippen molar-refractivity contribution in [2.24, 2.45) is 4.99 Å². The number of phenols is 1. The van der Waals surface area contributed by atoms with E-state index in [0.29, 0.717) is 57.8 Å². The fourth-order valence-electron chi connectivity index (χ4n) is 3.06. The van der Waals surface area contributed by atoms with Crippen molar-refractivity contribution in [2.75, 3.05) is 0 Å². The van der Waals surface area contributed by atoms with E-state index < -0.39 is 0 Å². The number of aromatic amines is 1. The SMILES string of the molecule is [B]c1cc(O)c2c(c1[B])C(=S)C(c1[nH]c3c([B])c(S)c(S)c(S)c3c1S)=N2. The normalized spacial score (nSPS) is 13.3. The van der Waals surface area contributed by atoms with Crippen molar-refractivity contribution in [3.63, 3.8) is 0 Å². The summed E-state index contributed by atoms with van der Waals surface area (Å²) in [6.07, 6.45) is 0. The van der Waals surface area contributed by atoms with Crippen LogP contribution in [0.15, 0.2) is 30.6 Å². The molecular formula is C16H7B3N2OS5. The number of H-pyrrole nitrogens is 1. The van der Waals surface area contributed by atoms with Crippen LogP contribution < -0.4 is 16.4 Å². The summed E-state index contributed by atoms with van der Waals surface area (Å²) in [4.78, 5) is 10.2. The maximum atomic E-state index is 10.2. The van der Waals surface area contributed by atoms with Crippen LogP contribution in [0.5, 0.6) is 5.75 Å². The largest absolute Gasteiger partial charge is 0.506 e. The number of aromatic hydroxyl groups is 1. The van der Waals surface area contributed by atoms with E-state index in [4.69, 9.17) is 35.8 Å². The van der Waals surface area contributed by atoms with Crippen molar-refractivity contribution in [2.45, 2.75) is 19.6 Å². The molecule has 0 bridgehead atoms. The Hall–Kier alpha value is -0.865. The van der Waals surface area contributed by atoms with Gasteiger partial charge in [-0.1, -0.05) is 28.6 Å². The van der Waals surface area contributed by atoms with Gasteiger partial charge in [-0.05, 0) is 6.07 Å². The highest BCUT2D eigenvalue weighted by atomic mass is 32.1. The van der Waals surface area contributed by atoms with E-state index in [-0.39, 0.29) is 22.4 Å². The van der Waals surface area contributed by atoms with Gasteiger partial charge < -0.3 is 10.1 Å². The molecule has 6 radical (unpaired) electrons. The maximum absolute atomic E-state index is 10.2. The van der Waals surface area contributed by atoms with Gasteiger partial charge in [-0.2, -0.15) is 0 Å². The van der Waals surface area contributed by atoms with Gasteiger partial charge in [-0.15, -0.1) is 50.5 Å². The molecule has 126 valence electrons. The number of thiocarbonyl (C=S) groups is 1. The lowest BCUT2D eigenvalue weighted by molar-refractivity contribution is 0.477. The van der Waals surface area contributed by atoms with Gasteiger partial charge in [0.05, 0.1) is 10.6 Å². The predicted octanol–water partition coefficient (Wildman–Crippen LogP) is 1.26. The van der Waals surface area contributed by atoms with Gasteiger partial charge in [0.15, 0.2) is 0 Å². The van der Waals surface area contributed by atoms with E-state index >= 15 is 0 Å². The Labute approximate surface area is 186 Å². The van der Waals surface area contributed by atoms with E-state index in [2.05, 4.69) is 60.5 Å². The minimum absolute atomic E-state index is 0.101. The van der Waals surface area contributed by atoms with Crippen LogP contribution in [0, 0.1) is 0 Å². The van der Waals surface area contributed by atoms with Crippen LogP contribution in [-0.4, -0.2) is 44.2 Å². The second kappa shape index (κ2) is 6.59. The molecule has 3 nitrogen and oxygen atoms in total. The second-order valence-electron chi connectivity index (χ2n) is 5.97. The summed E-state index contributed by atoms with van der Waals surface area (Å²) in [5.41, 5.74) is 3.14. The Morgan fingerprint density at radius 1 is 0.963 bits per heavy atom. The Kier molecular flexibility index (Phi) is 4.75. The van der Waals surface area contributed by atoms with Gasteiger partial charge >= 0.3 is 0 Å². The van der Waals surface area contributed by atoms with E-state index in [1.165, 1.54) is 6.07 Å². The number of phenolic OH excluding ortho intramolecular Hbond substituents is 1. The molecule has 27 heavy (non-hydrogen) atoms. The van der Waals surface area contributed by atoms with Crippen LogP contribution >= 0.6 is 62.7 Å². The number of fused-ring (bicyclic) bond motifs is 2. The molecule has 2 heterocycles. The Balaban J connectivity index is 2.01. The van der Waals surface area contributed by atoms with Crippen LogP contribution in [0.25, 0.3) is 10.9 Å². The minimum Gasteiger partial charge on any atom is -0.506 e. The molecule has 3 aromatic rings. The highest BCUT2D eigenvalue weighted by molar-refractivity contribution is 7.85. The Morgan fingerprint density at radius 2 is 1.63 bits per heavy atom. The molecule has 0 saturated heterocycles. The molecule has 0 unspecified atom stereocenters. The molecule has 0 atom stereocenters. The molecule has 0 amide bonds. The van der Waals surface area contributed by atoms with Crippen molar-refractivity contribution >= 4 is 130 Å². The monoisotopic (exact) mass is 436 g/mol. The average Bonchev–Trinajstić information content (AvgIpc) is 3.14. The summed E-state index contributed by atoms with van der Waals surface area (Å²) < 4.78 is 0.